The molecule has 19 heavy (non-hydrogen) atoms. The lowest BCUT2D eigenvalue weighted by molar-refractivity contribution is -0.126. The molecule has 0 amide bonds. The van der Waals surface area contributed by atoms with Crippen molar-refractivity contribution in [2.24, 2.45) is 5.92 Å². The van der Waals surface area contributed by atoms with Gasteiger partial charge >= 0.3 is 6.16 Å². The SMILES string of the molecule is CC(=O)C(C)C(C(C)=O)c1ccccc1.O=C(O)O. The first-order valence-electron chi connectivity index (χ1n) is 5.75. The van der Waals surface area contributed by atoms with Crippen LogP contribution in [-0.2, 0) is 9.59 Å². The van der Waals surface area contributed by atoms with Crippen molar-refractivity contribution in [2.75, 3.05) is 0 Å². The van der Waals surface area contributed by atoms with Gasteiger partial charge in [-0.3, -0.25) is 9.59 Å². The topological polar surface area (TPSA) is 91.7 Å². The van der Waals surface area contributed by atoms with Crippen LogP contribution in [0.4, 0.5) is 4.79 Å². The lowest BCUT2D eigenvalue weighted by Crippen LogP contribution is -2.22. The molecule has 0 aromatic heterocycles. The number of Topliss-reactive ketones (excluding diaryl/α,β-unsaturated/α-hetero) is 2. The van der Waals surface area contributed by atoms with Crippen LogP contribution in [0.3, 0.4) is 0 Å². The van der Waals surface area contributed by atoms with Crippen molar-refractivity contribution in [1.82, 2.24) is 0 Å². The van der Waals surface area contributed by atoms with E-state index in [-0.39, 0.29) is 23.4 Å². The zero-order valence-electron chi connectivity index (χ0n) is 11.2. The van der Waals surface area contributed by atoms with Crippen molar-refractivity contribution in [3.05, 3.63) is 35.9 Å². The van der Waals surface area contributed by atoms with Crippen molar-refractivity contribution < 1.29 is 24.6 Å². The second-order valence-corrected chi connectivity index (χ2v) is 4.18. The fourth-order valence-corrected chi connectivity index (χ4v) is 1.77. The molecule has 2 unspecified atom stereocenters. The van der Waals surface area contributed by atoms with E-state index in [0.29, 0.717) is 0 Å². The van der Waals surface area contributed by atoms with E-state index in [2.05, 4.69) is 0 Å². The van der Waals surface area contributed by atoms with Crippen LogP contribution in [0.15, 0.2) is 30.3 Å². The summed E-state index contributed by atoms with van der Waals surface area (Å²) in [6.07, 6.45) is -1.83. The van der Waals surface area contributed by atoms with Crippen LogP contribution in [0.2, 0.25) is 0 Å². The monoisotopic (exact) mass is 266 g/mol. The lowest BCUT2D eigenvalue weighted by Gasteiger charge is -2.19. The molecule has 0 heterocycles. The molecule has 0 aliphatic rings. The van der Waals surface area contributed by atoms with E-state index in [1.165, 1.54) is 13.8 Å². The number of carboxylic acid groups (broad SMARTS) is 2. The van der Waals surface area contributed by atoms with E-state index < -0.39 is 6.16 Å². The second-order valence-electron chi connectivity index (χ2n) is 4.18. The van der Waals surface area contributed by atoms with Crippen LogP contribution < -0.4 is 0 Å². The molecule has 1 aromatic rings. The highest BCUT2D eigenvalue weighted by atomic mass is 16.6. The van der Waals surface area contributed by atoms with E-state index in [4.69, 9.17) is 15.0 Å². The maximum atomic E-state index is 11.5. The van der Waals surface area contributed by atoms with Crippen LogP contribution in [0.1, 0.15) is 32.3 Å². The number of carbonyl (C=O) groups is 3. The molecule has 1 aromatic carbocycles. The van der Waals surface area contributed by atoms with Crippen molar-refractivity contribution >= 4 is 17.7 Å². The minimum atomic E-state index is -1.83. The fourth-order valence-electron chi connectivity index (χ4n) is 1.77. The Morgan fingerprint density at radius 2 is 1.37 bits per heavy atom. The van der Waals surface area contributed by atoms with Crippen LogP contribution >= 0.6 is 0 Å². The highest BCUT2D eigenvalue weighted by molar-refractivity contribution is 5.91. The van der Waals surface area contributed by atoms with Crippen molar-refractivity contribution in [1.29, 1.82) is 0 Å². The number of hydrogen-bond donors (Lipinski definition) is 2. The van der Waals surface area contributed by atoms with Crippen LogP contribution in [0, 0.1) is 5.92 Å². The Hall–Kier alpha value is -2.17. The second kappa shape index (κ2) is 8.02. The molecule has 2 atom stereocenters. The average molecular weight is 266 g/mol. The predicted molar refractivity (Wildman–Crippen MR) is 70.4 cm³/mol. The molecule has 0 saturated carbocycles. The average Bonchev–Trinajstić information content (AvgIpc) is 2.29. The van der Waals surface area contributed by atoms with E-state index >= 15 is 0 Å². The maximum Gasteiger partial charge on any atom is 0.503 e. The number of carbonyl (C=O) groups excluding carboxylic acids is 2. The van der Waals surface area contributed by atoms with Gasteiger partial charge in [0.05, 0.1) is 5.92 Å². The Morgan fingerprint density at radius 3 is 1.68 bits per heavy atom. The number of rotatable bonds is 4. The Morgan fingerprint density at radius 1 is 0.947 bits per heavy atom. The largest absolute Gasteiger partial charge is 0.503 e. The quantitative estimate of drug-likeness (QED) is 0.874. The number of hydrogen-bond acceptors (Lipinski definition) is 3. The van der Waals surface area contributed by atoms with Crippen molar-refractivity contribution in [3.63, 3.8) is 0 Å². The zero-order chi connectivity index (χ0) is 15.0. The molecule has 0 fully saturated rings. The van der Waals surface area contributed by atoms with E-state index in [1.807, 2.05) is 30.3 Å². The molecule has 0 aliphatic carbocycles. The third kappa shape index (κ3) is 6.35. The zero-order valence-corrected chi connectivity index (χ0v) is 11.2. The molecule has 0 spiro atoms. The summed E-state index contributed by atoms with van der Waals surface area (Å²) in [5.74, 6) is -0.448. The van der Waals surface area contributed by atoms with Crippen molar-refractivity contribution in [3.8, 4) is 0 Å². The third-order valence-electron chi connectivity index (χ3n) is 2.74. The van der Waals surface area contributed by atoms with Gasteiger partial charge in [-0.2, -0.15) is 0 Å². The summed E-state index contributed by atoms with van der Waals surface area (Å²) in [6, 6.07) is 9.46. The molecule has 104 valence electrons. The molecular formula is C14H18O5. The van der Waals surface area contributed by atoms with Gasteiger partial charge in [0.25, 0.3) is 0 Å². The number of benzene rings is 1. The Balaban J connectivity index is 0.000000711. The molecule has 0 aliphatic heterocycles. The van der Waals surface area contributed by atoms with Gasteiger partial charge in [-0.1, -0.05) is 37.3 Å². The fraction of sp³-hybridized carbons (Fsp3) is 0.357. The summed E-state index contributed by atoms with van der Waals surface area (Å²) in [4.78, 5) is 31.4. The molecule has 5 heteroatoms. The molecule has 0 bridgehead atoms. The standard InChI is InChI=1S/C13H16O2.CH2O3/c1-9(10(2)14)13(11(3)15)12-7-5-4-6-8-12;2-1(3)4/h4-9,13H,1-3H3;(H2,2,3,4). The molecule has 0 radical (unpaired) electrons. The first-order valence-corrected chi connectivity index (χ1v) is 5.75. The van der Waals surface area contributed by atoms with Gasteiger partial charge in [-0.15, -0.1) is 0 Å². The lowest BCUT2D eigenvalue weighted by atomic mass is 9.82. The normalized spacial score (nSPS) is 12.6. The summed E-state index contributed by atoms with van der Waals surface area (Å²) in [5, 5.41) is 13.9. The highest BCUT2D eigenvalue weighted by Gasteiger charge is 2.26. The molecule has 1 rings (SSSR count). The molecular weight excluding hydrogens is 248 g/mol. The summed E-state index contributed by atoms with van der Waals surface area (Å²) in [6.45, 7) is 4.88. The third-order valence-corrected chi connectivity index (χ3v) is 2.74. The Labute approximate surface area is 111 Å². The van der Waals surface area contributed by atoms with E-state index in [1.54, 1.807) is 6.92 Å². The molecule has 0 saturated heterocycles. The van der Waals surface area contributed by atoms with E-state index in [0.717, 1.165) is 5.56 Å². The van der Waals surface area contributed by atoms with Crippen LogP contribution in [-0.4, -0.2) is 27.9 Å². The van der Waals surface area contributed by atoms with Gasteiger partial charge in [0.1, 0.15) is 11.6 Å². The summed E-state index contributed by atoms with van der Waals surface area (Å²) in [7, 11) is 0. The van der Waals surface area contributed by atoms with Gasteiger partial charge < -0.3 is 10.2 Å². The Bertz CT molecular complexity index is 434. The van der Waals surface area contributed by atoms with Crippen molar-refractivity contribution in [2.45, 2.75) is 26.7 Å². The van der Waals surface area contributed by atoms with Crippen LogP contribution in [0.5, 0.6) is 0 Å². The smallest absolute Gasteiger partial charge is 0.450 e. The first kappa shape index (κ1) is 16.8. The summed E-state index contributed by atoms with van der Waals surface area (Å²) in [5.41, 5.74) is 0.924. The van der Waals surface area contributed by atoms with Gasteiger partial charge in [0.2, 0.25) is 0 Å². The number of ketones is 2. The highest BCUT2D eigenvalue weighted by Crippen LogP contribution is 2.26. The maximum absolute atomic E-state index is 11.5. The van der Waals surface area contributed by atoms with Gasteiger partial charge in [0, 0.05) is 5.92 Å². The van der Waals surface area contributed by atoms with Gasteiger partial charge in [-0.05, 0) is 19.4 Å². The minimum absolute atomic E-state index is 0.0453. The van der Waals surface area contributed by atoms with Gasteiger partial charge in [0.15, 0.2) is 0 Å². The first-order chi connectivity index (χ1) is 8.77. The summed E-state index contributed by atoms with van der Waals surface area (Å²) >= 11 is 0. The molecule has 2 N–H and O–H groups in total. The Kier molecular flexibility index (Phi) is 7.11. The summed E-state index contributed by atoms with van der Waals surface area (Å²) < 4.78 is 0. The van der Waals surface area contributed by atoms with Gasteiger partial charge in [-0.25, -0.2) is 4.79 Å². The predicted octanol–water partition coefficient (Wildman–Crippen LogP) is 2.81. The molecule has 5 nitrogen and oxygen atoms in total. The minimum Gasteiger partial charge on any atom is -0.450 e. The van der Waals surface area contributed by atoms with Crippen LogP contribution in [0.25, 0.3) is 0 Å². The van der Waals surface area contributed by atoms with E-state index in [9.17, 15) is 9.59 Å².